The summed E-state index contributed by atoms with van der Waals surface area (Å²) in [4.78, 5) is 4.87. The van der Waals surface area contributed by atoms with Crippen LogP contribution in [0.3, 0.4) is 0 Å². The predicted octanol–water partition coefficient (Wildman–Crippen LogP) is 4.01. The van der Waals surface area contributed by atoms with Crippen molar-refractivity contribution in [1.82, 2.24) is 18.9 Å². The third kappa shape index (κ3) is 4.91. The maximum absolute atomic E-state index is 13.2. The zero-order valence-electron chi connectivity index (χ0n) is 18.7. The number of halogens is 2. The number of hydrogen-bond donors (Lipinski definition) is 1. The smallest absolute Gasteiger partial charge is 0.243 e. The van der Waals surface area contributed by atoms with Gasteiger partial charge in [0.2, 0.25) is 10.0 Å². The quantitative estimate of drug-likeness (QED) is 0.385. The summed E-state index contributed by atoms with van der Waals surface area (Å²) >= 11 is 12.4. The van der Waals surface area contributed by atoms with E-state index in [0.29, 0.717) is 52.3 Å². The molecule has 1 saturated heterocycles. The molecule has 0 bridgehead atoms. The largest absolute Gasteiger partial charge is 0.370 e. The molecule has 0 saturated carbocycles. The molecule has 0 amide bonds. The van der Waals surface area contributed by atoms with Crippen molar-refractivity contribution in [3.8, 4) is 11.3 Å². The van der Waals surface area contributed by atoms with Gasteiger partial charge in [-0.05, 0) is 48.5 Å². The molecule has 11 heteroatoms. The first-order valence-corrected chi connectivity index (χ1v) is 13.4. The van der Waals surface area contributed by atoms with Gasteiger partial charge in [0.15, 0.2) is 5.65 Å². The molecule has 1 fully saturated rings. The van der Waals surface area contributed by atoms with E-state index in [1.165, 1.54) is 10.4 Å². The molecule has 7 nitrogen and oxygen atoms in total. The molecule has 3 heterocycles. The zero-order valence-corrected chi connectivity index (χ0v) is 21.1. The van der Waals surface area contributed by atoms with Crippen LogP contribution in [0, 0.1) is 5.92 Å². The average Bonchev–Trinajstić information content (AvgIpc) is 3.23. The molecule has 0 spiro atoms. The molecule has 4 aromatic rings. The summed E-state index contributed by atoms with van der Waals surface area (Å²) < 4.78 is 29.5. The minimum absolute atomic E-state index is 0.109. The Balaban J connectivity index is 1.38. The lowest BCUT2D eigenvalue weighted by molar-refractivity contribution is 0.275. The second kappa shape index (κ2) is 9.81. The van der Waals surface area contributed by atoms with Gasteiger partial charge in [0.25, 0.3) is 0 Å². The number of rotatable bonds is 6. The lowest BCUT2D eigenvalue weighted by Crippen LogP contribution is -2.41. The first-order chi connectivity index (χ1) is 16.8. The summed E-state index contributed by atoms with van der Waals surface area (Å²) in [7, 11) is 2.49. The Morgan fingerprint density at radius 1 is 1.11 bits per heavy atom. The van der Waals surface area contributed by atoms with Crippen molar-refractivity contribution in [1.29, 1.82) is 0 Å². The van der Waals surface area contributed by atoms with Gasteiger partial charge in [-0.1, -0.05) is 47.5 Å². The Morgan fingerprint density at radius 2 is 1.94 bits per heavy atom. The van der Waals surface area contributed by atoms with Gasteiger partial charge < -0.3 is 5.32 Å². The zero-order chi connectivity index (χ0) is 24.6. The van der Waals surface area contributed by atoms with Crippen LogP contribution in [-0.2, 0) is 10.0 Å². The third-order valence-electron chi connectivity index (χ3n) is 6.14. The maximum atomic E-state index is 13.2. The molecule has 0 aliphatic carbocycles. The highest BCUT2D eigenvalue weighted by Gasteiger charge is 2.30. The fourth-order valence-electron chi connectivity index (χ4n) is 4.35. The number of anilines is 1. The monoisotopic (exact) mass is 525 g/mol. The van der Waals surface area contributed by atoms with Gasteiger partial charge in [0.05, 0.1) is 10.6 Å². The molecule has 2 aromatic heterocycles. The minimum Gasteiger partial charge on any atom is -0.370 e. The Labute approximate surface area is 215 Å². The molecular formula is C24H22BCl2N5O2S. The fraction of sp³-hybridized carbons (Fsp3) is 0.250. The minimum atomic E-state index is -3.62. The second-order valence-electron chi connectivity index (χ2n) is 8.55. The number of benzene rings is 2. The SMILES string of the molecule is [B]c1cnn2c(NCC3CCCN(S(=O)(=O)c4cccc(Cl)c4)C3)cc(-c3ccccc3Cl)nc12. The number of piperidine rings is 1. The van der Waals surface area contributed by atoms with Crippen molar-refractivity contribution in [3.63, 3.8) is 0 Å². The van der Waals surface area contributed by atoms with Crippen molar-refractivity contribution in [2.75, 3.05) is 25.0 Å². The summed E-state index contributed by atoms with van der Waals surface area (Å²) in [6.07, 6.45) is 3.24. The van der Waals surface area contributed by atoms with E-state index in [1.807, 2.05) is 30.3 Å². The molecule has 1 aliphatic rings. The summed E-state index contributed by atoms with van der Waals surface area (Å²) in [5.74, 6) is 0.814. The van der Waals surface area contributed by atoms with Crippen molar-refractivity contribution < 1.29 is 8.42 Å². The maximum Gasteiger partial charge on any atom is 0.243 e. The Hall–Kier alpha value is -2.59. The summed E-state index contributed by atoms with van der Waals surface area (Å²) in [6, 6.07) is 15.7. The van der Waals surface area contributed by atoms with Crippen molar-refractivity contribution in [3.05, 3.63) is 70.8 Å². The van der Waals surface area contributed by atoms with Crippen LogP contribution in [0.25, 0.3) is 16.9 Å². The number of aromatic nitrogens is 3. The Kier molecular flexibility index (Phi) is 6.76. The number of nitrogens with zero attached hydrogens (tertiary/aromatic N) is 4. The van der Waals surface area contributed by atoms with E-state index in [2.05, 4.69) is 15.4 Å². The van der Waals surface area contributed by atoms with Crippen LogP contribution in [0.4, 0.5) is 5.82 Å². The van der Waals surface area contributed by atoms with E-state index >= 15 is 0 Å². The van der Waals surface area contributed by atoms with Crippen molar-refractivity contribution >= 4 is 58.0 Å². The fourth-order valence-corrected chi connectivity index (χ4v) is 6.44. The highest BCUT2D eigenvalue weighted by molar-refractivity contribution is 7.89. The van der Waals surface area contributed by atoms with Gasteiger partial charge in [0, 0.05) is 47.5 Å². The van der Waals surface area contributed by atoms with Crippen LogP contribution >= 0.6 is 23.2 Å². The summed E-state index contributed by atoms with van der Waals surface area (Å²) in [6.45, 7) is 1.45. The average molecular weight is 526 g/mol. The van der Waals surface area contributed by atoms with E-state index in [9.17, 15) is 8.42 Å². The lowest BCUT2D eigenvalue weighted by atomic mass is 9.99. The number of hydrogen-bond acceptors (Lipinski definition) is 5. The first-order valence-electron chi connectivity index (χ1n) is 11.2. The summed E-state index contributed by atoms with van der Waals surface area (Å²) in [5.41, 5.74) is 2.44. The van der Waals surface area contributed by atoms with Crippen molar-refractivity contribution in [2.24, 2.45) is 5.92 Å². The standard InChI is InChI=1S/C24H22BCl2N5O2S/c25-20-14-29-32-23(12-22(30-24(20)32)19-8-1-2-9-21(19)27)28-13-16-5-4-10-31(15-16)35(33,34)18-7-3-6-17(26)11-18/h1-3,6-9,11-12,14,16,28H,4-5,10,13,15H2. The number of fused-ring (bicyclic) bond motifs is 1. The molecule has 1 unspecified atom stereocenters. The van der Waals surface area contributed by atoms with E-state index in [1.54, 1.807) is 28.9 Å². The second-order valence-corrected chi connectivity index (χ2v) is 11.3. The molecule has 1 aliphatic heterocycles. The van der Waals surface area contributed by atoms with Crippen LogP contribution in [0.2, 0.25) is 10.0 Å². The molecule has 178 valence electrons. The highest BCUT2D eigenvalue weighted by Crippen LogP contribution is 2.29. The molecule has 5 rings (SSSR count). The van der Waals surface area contributed by atoms with Gasteiger partial charge in [-0.15, -0.1) is 0 Å². The van der Waals surface area contributed by atoms with Crippen molar-refractivity contribution in [2.45, 2.75) is 17.7 Å². The number of sulfonamides is 1. The molecule has 35 heavy (non-hydrogen) atoms. The Morgan fingerprint density at radius 3 is 2.74 bits per heavy atom. The normalized spacial score (nSPS) is 17.0. The molecular weight excluding hydrogens is 504 g/mol. The van der Waals surface area contributed by atoms with Crippen LogP contribution < -0.4 is 10.8 Å². The first kappa shape index (κ1) is 24.1. The third-order valence-corrected chi connectivity index (χ3v) is 8.56. The van der Waals surface area contributed by atoms with Crippen LogP contribution in [-0.4, -0.2) is 54.8 Å². The predicted molar refractivity (Wildman–Crippen MR) is 140 cm³/mol. The van der Waals surface area contributed by atoms with E-state index in [-0.39, 0.29) is 10.8 Å². The van der Waals surface area contributed by atoms with E-state index in [4.69, 9.17) is 31.0 Å². The van der Waals surface area contributed by atoms with Gasteiger partial charge in [-0.2, -0.15) is 13.9 Å². The number of nitrogens with one attached hydrogen (secondary N) is 1. The lowest BCUT2D eigenvalue weighted by Gasteiger charge is -2.32. The van der Waals surface area contributed by atoms with E-state index in [0.717, 1.165) is 18.4 Å². The molecule has 1 N–H and O–H groups in total. The van der Waals surface area contributed by atoms with E-state index < -0.39 is 10.0 Å². The molecule has 2 radical (unpaired) electrons. The molecule has 2 aromatic carbocycles. The molecule has 1 atom stereocenters. The van der Waals surface area contributed by atoms with Crippen LogP contribution in [0.5, 0.6) is 0 Å². The van der Waals surface area contributed by atoms with Gasteiger partial charge in [-0.3, -0.25) is 0 Å². The Bertz CT molecular complexity index is 1490. The van der Waals surface area contributed by atoms with Crippen LogP contribution in [0.15, 0.2) is 65.7 Å². The van der Waals surface area contributed by atoms with Gasteiger partial charge in [-0.25, -0.2) is 13.4 Å². The van der Waals surface area contributed by atoms with Gasteiger partial charge >= 0.3 is 0 Å². The van der Waals surface area contributed by atoms with Gasteiger partial charge in [0.1, 0.15) is 13.7 Å². The van der Waals surface area contributed by atoms with Crippen LogP contribution in [0.1, 0.15) is 12.8 Å². The topological polar surface area (TPSA) is 79.6 Å². The summed E-state index contributed by atoms with van der Waals surface area (Å²) in [5, 5.41) is 8.78. The highest BCUT2D eigenvalue weighted by atomic mass is 35.5.